The van der Waals surface area contributed by atoms with Gasteiger partial charge in [0.05, 0.1) is 16.1 Å². The van der Waals surface area contributed by atoms with Crippen molar-refractivity contribution in [3.8, 4) is 0 Å². The van der Waals surface area contributed by atoms with Gasteiger partial charge in [-0.3, -0.25) is 4.31 Å². The molecular formula is C17H17NOS. The maximum Gasteiger partial charge on any atom is 0.134 e. The molecule has 0 saturated heterocycles. The van der Waals surface area contributed by atoms with E-state index in [-0.39, 0.29) is 4.75 Å². The molecule has 0 fully saturated rings. The summed E-state index contributed by atoms with van der Waals surface area (Å²) in [7, 11) is -1.11. The van der Waals surface area contributed by atoms with Gasteiger partial charge in [0.1, 0.15) is 11.0 Å². The fourth-order valence-electron chi connectivity index (χ4n) is 2.37. The highest BCUT2D eigenvalue weighted by Crippen LogP contribution is 2.39. The van der Waals surface area contributed by atoms with Crippen LogP contribution in [0.4, 0.5) is 5.69 Å². The molecule has 2 aromatic rings. The fraction of sp³-hybridized carbons (Fsp3) is 0.176. The maximum absolute atomic E-state index is 12.8. The Hall–Kier alpha value is -1.87. The molecule has 0 N–H and O–H groups in total. The Morgan fingerprint density at radius 2 is 1.45 bits per heavy atom. The summed E-state index contributed by atoms with van der Waals surface area (Å²) in [5.41, 5.74) is 3.07. The molecular weight excluding hydrogens is 266 g/mol. The minimum Gasteiger partial charge on any atom is -0.259 e. The molecule has 1 atom stereocenters. The first kappa shape index (κ1) is 13.1. The summed E-state index contributed by atoms with van der Waals surface area (Å²) in [5, 5.41) is 0. The molecule has 0 amide bonds. The second-order valence-corrected chi connectivity index (χ2v) is 7.29. The van der Waals surface area contributed by atoms with Crippen molar-refractivity contribution in [3.63, 3.8) is 0 Å². The van der Waals surface area contributed by atoms with Gasteiger partial charge in [-0.1, -0.05) is 48.5 Å². The Kier molecular flexibility index (Phi) is 3.22. The van der Waals surface area contributed by atoms with Crippen molar-refractivity contribution in [1.82, 2.24) is 0 Å². The zero-order valence-corrected chi connectivity index (χ0v) is 12.4. The maximum atomic E-state index is 12.8. The van der Waals surface area contributed by atoms with Crippen LogP contribution < -0.4 is 4.31 Å². The average molecular weight is 283 g/mol. The van der Waals surface area contributed by atoms with E-state index >= 15 is 0 Å². The molecule has 1 aliphatic heterocycles. The average Bonchev–Trinajstić information content (AvgIpc) is 2.72. The third-order valence-electron chi connectivity index (χ3n) is 3.38. The van der Waals surface area contributed by atoms with Gasteiger partial charge in [0.25, 0.3) is 0 Å². The molecule has 20 heavy (non-hydrogen) atoms. The molecule has 0 aliphatic carbocycles. The lowest BCUT2D eigenvalue weighted by Gasteiger charge is -2.24. The van der Waals surface area contributed by atoms with Crippen molar-refractivity contribution in [2.45, 2.75) is 18.6 Å². The number of anilines is 1. The van der Waals surface area contributed by atoms with Gasteiger partial charge in [0, 0.05) is 0 Å². The number of hydrogen-bond donors (Lipinski definition) is 0. The highest BCUT2D eigenvalue weighted by Gasteiger charge is 2.38. The van der Waals surface area contributed by atoms with Crippen LogP contribution >= 0.6 is 0 Å². The topological polar surface area (TPSA) is 20.3 Å². The van der Waals surface area contributed by atoms with Crippen molar-refractivity contribution < 1.29 is 4.21 Å². The van der Waals surface area contributed by atoms with E-state index in [9.17, 15) is 4.21 Å². The highest BCUT2D eigenvalue weighted by molar-refractivity contribution is 7.89. The van der Waals surface area contributed by atoms with E-state index in [0.29, 0.717) is 0 Å². The molecule has 1 unspecified atom stereocenters. The predicted octanol–water partition coefficient (Wildman–Crippen LogP) is 3.99. The molecule has 0 aromatic heterocycles. The van der Waals surface area contributed by atoms with Gasteiger partial charge < -0.3 is 0 Å². The van der Waals surface area contributed by atoms with Crippen LogP contribution in [0.2, 0.25) is 0 Å². The predicted molar refractivity (Wildman–Crippen MR) is 85.6 cm³/mol. The Bertz CT molecular complexity index is 662. The zero-order valence-electron chi connectivity index (χ0n) is 11.6. The Morgan fingerprint density at radius 3 is 2.05 bits per heavy atom. The monoisotopic (exact) mass is 283 g/mol. The fourth-order valence-corrected chi connectivity index (χ4v) is 3.70. The van der Waals surface area contributed by atoms with Crippen LogP contribution in [-0.2, 0) is 11.0 Å². The molecule has 0 radical (unpaired) electrons. The summed E-state index contributed by atoms with van der Waals surface area (Å²) in [6.45, 7) is 4.02. The lowest BCUT2D eigenvalue weighted by Crippen LogP contribution is -2.29. The first-order chi connectivity index (χ1) is 9.59. The molecule has 2 aromatic carbocycles. The van der Waals surface area contributed by atoms with E-state index in [1.165, 1.54) is 0 Å². The molecule has 1 heterocycles. The van der Waals surface area contributed by atoms with E-state index in [1.807, 2.05) is 66.7 Å². The summed E-state index contributed by atoms with van der Waals surface area (Å²) in [6, 6.07) is 20.0. The van der Waals surface area contributed by atoms with Crippen LogP contribution in [0.25, 0.3) is 5.70 Å². The van der Waals surface area contributed by atoms with Crippen molar-refractivity contribution >= 4 is 22.4 Å². The molecule has 2 nitrogen and oxygen atoms in total. The molecule has 102 valence electrons. The Labute approximate surface area is 122 Å². The molecule has 0 saturated carbocycles. The minimum atomic E-state index is -1.11. The van der Waals surface area contributed by atoms with Crippen LogP contribution in [0.15, 0.2) is 66.7 Å². The standard InChI is InChI=1S/C17H17NOS/c1-17(2)13-16(14-9-5-3-6-10-14)18(20(17)19)15-11-7-4-8-12-15/h3-13H,1-2H3. The first-order valence-electron chi connectivity index (χ1n) is 6.65. The van der Waals surface area contributed by atoms with Gasteiger partial charge in [-0.2, -0.15) is 0 Å². The number of para-hydroxylation sites is 1. The lowest BCUT2D eigenvalue weighted by atomic mass is 10.1. The van der Waals surface area contributed by atoms with Gasteiger partial charge in [-0.25, -0.2) is 4.21 Å². The van der Waals surface area contributed by atoms with Crippen LogP contribution in [0.1, 0.15) is 19.4 Å². The van der Waals surface area contributed by atoms with Crippen LogP contribution in [-0.4, -0.2) is 8.96 Å². The Balaban J connectivity index is 2.12. The quantitative estimate of drug-likeness (QED) is 0.816. The Morgan fingerprint density at radius 1 is 0.900 bits per heavy atom. The van der Waals surface area contributed by atoms with Crippen molar-refractivity contribution in [1.29, 1.82) is 0 Å². The third-order valence-corrected chi connectivity index (χ3v) is 5.14. The zero-order chi connectivity index (χ0) is 14.2. The molecule has 0 spiro atoms. The second kappa shape index (κ2) is 4.91. The van der Waals surface area contributed by atoms with Crippen molar-refractivity contribution in [3.05, 3.63) is 72.3 Å². The minimum absolute atomic E-state index is 0.360. The highest BCUT2D eigenvalue weighted by atomic mass is 32.2. The van der Waals surface area contributed by atoms with Crippen LogP contribution in [0.5, 0.6) is 0 Å². The van der Waals surface area contributed by atoms with E-state index in [2.05, 4.69) is 18.2 Å². The lowest BCUT2D eigenvalue weighted by molar-refractivity contribution is 0.667. The summed E-state index contributed by atoms with van der Waals surface area (Å²) < 4.78 is 14.4. The van der Waals surface area contributed by atoms with E-state index in [0.717, 1.165) is 16.9 Å². The number of hydrogen-bond acceptors (Lipinski definition) is 1. The molecule has 1 aliphatic rings. The van der Waals surface area contributed by atoms with Gasteiger partial charge in [0.2, 0.25) is 0 Å². The summed E-state index contributed by atoms with van der Waals surface area (Å²) in [4.78, 5) is 0. The summed E-state index contributed by atoms with van der Waals surface area (Å²) >= 11 is 0. The second-order valence-electron chi connectivity index (χ2n) is 5.38. The van der Waals surface area contributed by atoms with Crippen molar-refractivity contribution in [2.75, 3.05) is 4.31 Å². The van der Waals surface area contributed by atoms with E-state index < -0.39 is 11.0 Å². The van der Waals surface area contributed by atoms with Crippen molar-refractivity contribution in [2.24, 2.45) is 0 Å². The smallest absolute Gasteiger partial charge is 0.134 e. The van der Waals surface area contributed by atoms with Gasteiger partial charge in [0.15, 0.2) is 0 Å². The van der Waals surface area contributed by atoms with E-state index in [4.69, 9.17) is 0 Å². The first-order valence-corrected chi connectivity index (χ1v) is 7.76. The summed E-state index contributed by atoms with van der Waals surface area (Å²) in [6.07, 6.45) is 2.10. The van der Waals surface area contributed by atoms with Gasteiger partial charge in [-0.15, -0.1) is 0 Å². The van der Waals surface area contributed by atoms with Crippen LogP contribution in [0.3, 0.4) is 0 Å². The third kappa shape index (κ3) is 2.18. The molecule has 3 heteroatoms. The number of nitrogens with zero attached hydrogens (tertiary/aromatic N) is 1. The number of rotatable bonds is 2. The molecule has 0 bridgehead atoms. The SMILES string of the molecule is CC1(C)C=C(c2ccccc2)N(c2ccccc2)S1=O. The normalized spacial score (nSPS) is 20.8. The number of benzene rings is 2. The van der Waals surface area contributed by atoms with Gasteiger partial charge in [-0.05, 0) is 37.6 Å². The molecule has 3 rings (SSSR count). The van der Waals surface area contributed by atoms with E-state index in [1.54, 1.807) is 0 Å². The van der Waals surface area contributed by atoms with Crippen LogP contribution in [0, 0.1) is 0 Å². The largest absolute Gasteiger partial charge is 0.259 e. The van der Waals surface area contributed by atoms with Gasteiger partial charge >= 0.3 is 0 Å². The summed E-state index contributed by atoms with van der Waals surface area (Å²) in [5.74, 6) is 0.